The average Bonchev–Trinajstić information content (AvgIpc) is 2.82. The van der Waals surface area contributed by atoms with E-state index in [2.05, 4.69) is 0 Å². The van der Waals surface area contributed by atoms with Gasteiger partial charge in [0, 0.05) is 12.5 Å². The van der Waals surface area contributed by atoms with Crippen LogP contribution in [0.25, 0.3) is 0 Å². The highest BCUT2D eigenvalue weighted by atomic mass is 19.3. The lowest BCUT2D eigenvalue weighted by Crippen LogP contribution is -2.41. The third-order valence-corrected chi connectivity index (χ3v) is 5.21. The van der Waals surface area contributed by atoms with Crippen LogP contribution in [0.3, 0.4) is 0 Å². The van der Waals surface area contributed by atoms with E-state index in [4.69, 9.17) is 14.6 Å². The Morgan fingerprint density at radius 2 is 1.50 bits per heavy atom. The van der Waals surface area contributed by atoms with Gasteiger partial charge in [-0.2, -0.15) is 0 Å². The van der Waals surface area contributed by atoms with Crippen LogP contribution in [-0.4, -0.2) is 41.5 Å². The summed E-state index contributed by atoms with van der Waals surface area (Å²) in [6.45, 7) is 1.57. The zero-order chi connectivity index (χ0) is 24.9. The molecule has 0 saturated heterocycles. The zero-order valence-electron chi connectivity index (χ0n) is 19.0. The molecule has 0 saturated carbocycles. The summed E-state index contributed by atoms with van der Waals surface area (Å²) in [6, 6.07) is 18.3. The molecule has 3 aromatic rings. The van der Waals surface area contributed by atoms with Crippen molar-refractivity contribution < 1.29 is 33.0 Å². The summed E-state index contributed by atoms with van der Waals surface area (Å²) >= 11 is 0. The van der Waals surface area contributed by atoms with Crippen LogP contribution in [0.15, 0.2) is 72.8 Å². The summed E-state index contributed by atoms with van der Waals surface area (Å²) in [5.74, 6) is -3.32. The molecule has 6 nitrogen and oxygen atoms in total. The Morgan fingerprint density at radius 1 is 0.941 bits per heavy atom. The molecule has 1 unspecified atom stereocenters. The Bertz CT molecular complexity index is 1140. The maximum Gasteiger partial charge on any atom is 0.335 e. The van der Waals surface area contributed by atoms with Gasteiger partial charge in [-0.1, -0.05) is 24.3 Å². The van der Waals surface area contributed by atoms with E-state index in [-0.39, 0.29) is 11.1 Å². The first-order chi connectivity index (χ1) is 16.1. The lowest BCUT2D eigenvalue weighted by atomic mass is 10.0. The summed E-state index contributed by atoms with van der Waals surface area (Å²) in [4.78, 5) is 25.4. The largest absolute Gasteiger partial charge is 0.493 e. The zero-order valence-corrected chi connectivity index (χ0v) is 19.0. The SMILES string of the molecule is COc1ccccc1Oc1ccc(C(=O)N(CC(C)(F)F)C(C)c2ccc(C(=O)O)cc2)cc1. The molecule has 0 spiro atoms. The monoisotopic (exact) mass is 469 g/mol. The van der Waals surface area contributed by atoms with Crippen molar-refractivity contribution >= 4 is 11.9 Å². The van der Waals surface area contributed by atoms with Crippen molar-refractivity contribution in [1.29, 1.82) is 0 Å². The van der Waals surface area contributed by atoms with Gasteiger partial charge in [-0.05, 0) is 61.0 Å². The Hall–Kier alpha value is -3.94. The molecule has 0 aliphatic rings. The molecule has 178 valence electrons. The molecule has 1 N–H and O–H groups in total. The molecule has 0 aromatic heterocycles. The fourth-order valence-electron chi connectivity index (χ4n) is 3.43. The molecular formula is C26H25F2NO5. The predicted octanol–water partition coefficient (Wildman–Crippen LogP) is 6.04. The van der Waals surface area contributed by atoms with E-state index in [0.717, 1.165) is 11.8 Å². The first-order valence-electron chi connectivity index (χ1n) is 10.5. The van der Waals surface area contributed by atoms with Crippen LogP contribution >= 0.6 is 0 Å². The van der Waals surface area contributed by atoms with Crippen molar-refractivity contribution in [2.75, 3.05) is 13.7 Å². The van der Waals surface area contributed by atoms with Gasteiger partial charge in [-0.15, -0.1) is 0 Å². The number of amides is 1. The number of hydrogen-bond donors (Lipinski definition) is 1. The van der Waals surface area contributed by atoms with Crippen molar-refractivity contribution in [2.24, 2.45) is 0 Å². The highest BCUT2D eigenvalue weighted by Crippen LogP contribution is 2.32. The lowest BCUT2D eigenvalue weighted by molar-refractivity contribution is -0.0191. The van der Waals surface area contributed by atoms with Crippen molar-refractivity contribution in [3.8, 4) is 17.2 Å². The third-order valence-electron chi connectivity index (χ3n) is 5.21. The van der Waals surface area contributed by atoms with Gasteiger partial charge in [0.05, 0.1) is 25.3 Å². The fraction of sp³-hybridized carbons (Fsp3) is 0.231. The summed E-state index contributed by atoms with van der Waals surface area (Å²) in [5.41, 5.74) is 0.824. The van der Waals surface area contributed by atoms with E-state index in [9.17, 15) is 18.4 Å². The maximum absolute atomic E-state index is 14.0. The van der Waals surface area contributed by atoms with Crippen LogP contribution in [0, 0.1) is 0 Å². The molecule has 3 rings (SSSR count). The summed E-state index contributed by atoms with van der Waals surface area (Å²) < 4.78 is 39.0. The molecule has 0 aliphatic heterocycles. The van der Waals surface area contributed by atoms with E-state index in [0.29, 0.717) is 22.8 Å². The van der Waals surface area contributed by atoms with E-state index >= 15 is 0 Å². The van der Waals surface area contributed by atoms with Crippen LogP contribution in [0.2, 0.25) is 0 Å². The number of carbonyl (C=O) groups excluding carboxylic acids is 1. The van der Waals surface area contributed by atoms with E-state index < -0.39 is 30.4 Å². The minimum atomic E-state index is -3.13. The van der Waals surface area contributed by atoms with Gasteiger partial charge in [0.1, 0.15) is 5.75 Å². The highest BCUT2D eigenvalue weighted by molar-refractivity contribution is 5.94. The average molecular weight is 469 g/mol. The molecular weight excluding hydrogens is 444 g/mol. The molecule has 0 fully saturated rings. The van der Waals surface area contributed by atoms with Gasteiger partial charge in [0.15, 0.2) is 11.5 Å². The summed E-state index contributed by atoms with van der Waals surface area (Å²) in [7, 11) is 1.53. The second kappa shape index (κ2) is 10.3. The number of ether oxygens (including phenoxy) is 2. The number of hydrogen-bond acceptors (Lipinski definition) is 4. The number of carbonyl (C=O) groups is 2. The van der Waals surface area contributed by atoms with Gasteiger partial charge in [0.25, 0.3) is 11.8 Å². The van der Waals surface area contributed by atoms with E-state index in [1.54, 1.807) is 37.3 Å². The molecule has 1 atom stereocenters. The summed E-state index contributed by atoms with van der Waals surface area (Å²) in [6.07, 6.45) is 0. The fourth-order valence-corrected chi connectivity index (χ4v) is 3.43. The minimum Gasteiger partial charge on any atom is -0.493 e. The third kappa shape index (κ3) is 6.10. The van der Waals surface area contributed by atoms with Crippen LogP contribution in [0.5, 0.6) is 17.2 Å². The van der Waals surface area contributed by atoms with E-state index in [1.807, 2.05) is 6.07 Å². The number of alkyl halides is 2. The number of methoxy groups -OCH3 is 1. The Kier molecular flexibility index (Phi) is 7.50. The molecule has 34 heavy (non-hydrogen) atoms. The number of halogens is 2. The number of benzene rings is 3. The van der Waals surface area contributed by atoms with Crippen molar-refractivity contribution in [2.45, 2.75) is 25.8 Å². The van der Waals surface area contributed by atoms with Crippen LogP contribution in [0.4, 0.5) is 8.78 Å². The molecule has 0 radical (unpaired) electrons. The predicted molar refractivity (Wildman–Crippen MR) is 123 cm³/mol. The van der Waals surface area contributed by atoms with Crippen LogP contribution in [-0.2, 0) is 0 Å². The lowest BCUT2D eigenvalue weighted by Gasteiger charge is -2.32. The Morgan fingerprint density at radius 3 is 2.03 bits per heavy atom. The number of rotatable bonds is 9. The van der Waals surface area contributed by atoms with Crippen LogP contribution < -0.4 is 9.47 Å². The molecule has 0 bridgehead atoms. The standard InChI is InChI=1S/C26H25F2NO5/c1-17(18-8-10-20(11-9-18)25(31)32)29(16-26(2,27)28)24(30)19-12-14-21(15-13-19)34-23-7-5-4-6-22(23)33-3/h4-15,17H,16H2,1-3H3,(H,31,32). The van der Waals surface area contributed by atoms with Gasteiger partial charge in [0.2, 0.25) is 0 Å². The normalized spacial score (nSPS) is 12.0. The van der Waals surface area contributed by atoms with Crippen LogP contribution in [0.1, 0.15) is 46.2 Å². The molecule has 8 heteroatoms. The van der Waals surface area contributed by atoms with Gasteiger partial charge >= 0.3 is 5.97 Å². The van der Waals surface area contributed by atoms with Gasteiger partial charge in [-0.25, -0.2) is 13.6 Å². The highest BCUT2D eigenvalue weighted by Gasteiger charge is 2.32. The summed E-state index contributed by atoms with van der Waals surface area (Å²) in [5, 5.41) is 9.08. The van der Waals surface area contributed by atoms with E-state index in [1.165, 1.54) is 43.5 Å². The van der Waals surface area contributed by atoms with Gasteiger partial charge < -0.3 is 19.5 Å². The second-order valence-corrected chi connectivity index (χ2v) is 7.88. The quantitative estimate of drug-likeness (QED) is 0.413. The number of nitrogens with zero attached hydrogens (tertiary/aromatic N) is 1. The first kappa shape index (κ1) is 24.7. The first-order valence-corrected chi connectivity index (χ1v) is 10.5. The van der Waals surface area contributed by atoms with Crippen molar-refractivity contribution in [1.82, 2.24) is 4.90 Å². The van der Waals surface area contributed by atoms with Crippen molar-refractivity contribution in [3.63, 3.8) is 0 Å². The number of aromatic carboxylic acids is 1. The Balaban J connectivity index is 1.84. The Labute approximate surface area is 196 Å². The molecule has 0 heterocycles. The van der Waals surface area contributed by atoms with Crippen molar-refractivity contribution in [3.05, 3.63) is 89.5 Å². The molecule has 0 aliphatic carbocycles. The second-order valence-electron chi connectivity index (χ2n) is 7.88. The topological polar surface area (TPSA) is 76.1 Å². The number of carboxylic acid groups (broad SMARTS) is 1. The number of carboxylic acids is 1. The number of para-hydroxylation sites is 2. The van der Waals surface area contributed by atoms with Gasteiger partial charge in [-0.3, -0.25) is 4.79 Å². The minimum absolute atomic E-state index is 0.0697. The molecule has 1 amide bonds. The smallest absolute Gasteiger partial charge is 0.335 e. The maximum atomic E-state index is 14.0. The molecule has 3 aromatic carbocycles.